The molecule has 0 saturated carbocycles. The minimum atomic E-state index is 0.527. The summed E-state index contributed by atoms with van der Waals surface area (Å²) in [6, 6.07) is 0. The van der Waals surface area contributed by atoms with Crippen LogP contribution in [0.5, 0.6) is 0 Å². The van der Waals surface area contributed by atoms with Crippen LogP contribution in [0.25, 0.3) is 0 Å². The molecule has 0 unspecified atom stereocenters. The first-order valence-corrected chi connectivity index (χ1v) is 7.38. The van der Waals surface area contributed by atoms with Gasteiger partial charge in [0.1, 0.15) is 0 Å². The second-order valence-corrected chi connectivity index (χ2v) is 5.04. The van der Waals surface area contributed by atoms with Crippen molar-refractivity contribution in [2.45, 2.75) is 11.6 Å². The molecule has 0 bridgehead atoms. The van der Waals surface area contributed by atoms with Gasteiger partial charge < -0.3 is 0 Å². The molecule has 0 fully saturated rings. The van der Waals surface area contributed by atoms with Crippen LogP contribution in [-0.4, -0.2) is 29.9 Å². The summed E-state index contributed by atoms with van der Waals surface area (Å²) in [5.74, 6) is 4.28. The van der Waals surface area contributed by atoms with Crippen LogP contribution in [0.4, 0.5) is 0 Å². The van der Waals surface area contributed by atoms with Crippen molar-refractivity contribution in [2.24, 2.45) is 0 Å². The monoisotopic (exact) mass is 250 g/mol. The Morgan fingerprint density at radius 1 is 1.57 bits per heavy atom. The summed E-state index contributed by atoms with van der Waals surface area (Å²) >= 11 is 6.82. The Kier molecular flexibility index (Phi) is 6.01. The molecule has 0 aromatic heterocycles. The van der Waals surface area contributed by atoms with E-state index in [2.05, 4.69) is 16.6 Å². The van der Waals surface area contributed by atoms with E-state index in [0.717, 1.165) is 3.93 Å². The van der Waals surface area contributed by atoms with Crippen molar-refractivity contribution in [3.05, 3.63) is 8.91 Å². The van der Waals surface area contributed by atoms with Crippen molar-refractivity contribution in [3.63, 3.8) is 0 Å². The Morgan fingerprint density at radius 2 is 2.14 bits per heavy atom. The van der Waals surface area contributed by atoms with Gasteiger partial charge >= 0.3 is 62.1 Å². The van der Waals surface area contributed by atoms with Crippen LogP contribution in [0.3, 0.4) is 0 Å². The number of hydrogen-bond donors (Lipinski definition) is 0. The van der Waals surface area contributed by atoms with Crippen LogP contribution in [0, 0.1) is 0 Å². The molecule has 0 N–H and O–H groups in total. The minimum absolute atomic E-state index is 0.527. The first-order valence-electron chi connectivity index (χ1n) is 1.73. The van der Waals surface area contributed by atoms with Crippen LogP contribution in [-0.2, 0) is 0 Å². The SMILES string of the molecule is C[Se]/C=C(/Cl)[Se]C. The quantitative estimate of drug-likeness (QED) is 0.650. The molecule has 0 amide bonds. The van der Waals surface area contributed by atoms with Crippen molar-refractivity contribution >= 4 is 41.5 Å². The van der Waals surface area contributed by atoms with Gasteiger partial charge in [0.15, 0.2) is 0 Å². The van der Waals surface area contributed by atoms with Gasteiger partial charge in [0.25, 0.3) is 0 Å². The average molecular weight is 248 g/mol. The van der Waals surface area contributed by atoms with E-state index in [-0.39, 0.29) is 0 Å². The molecule has 0 atom stereocenters. The molecule has 0 aliphatic heterocycles. The van der Waals surface area contributed by atoms with Crippen LogP contribution in [0.15, 0.2) is 8.91 Å². The zero-order chi connectivity index (χ0) is 5.70. The normalized spacial score (nSPS) is 12.1. The van der Waals surface area contributed by atoms with Crippen molar-refractivity contribution in [3.8, 4) is 0 Å². The second kappa shape index (κ2) is 5.21. The maximum atomic E-state index is 5.67. The van der Waals surface area contributed by atoms with Gasteiger partial charge in [-0.15, -0.1) is 0 Å². The molecule has 0 spiro atoms. The molecule has 0 nitrogen and oxygen atoms in total. The Hall–Kier alpha value is 1.07. The number of rotatable bonds is 2. The molecule has 0 aromatic carbocycles. The van der Waals surface area contributed by atoms with E-state index < -0.39 is 0 Å². The van der Waals surface area contributed by atoms with Crippen LogP contribution in [0.2, 0.25) is 11.6 Å². The van der Waals surface area contributed by atoms with E-state index in [1.165, 1.54) is 0 Å². The summed E-state index contributed by atoms with van der Waals surface area (Å²) in [5.41, 5.74) is 0. The molecule has 0 aliphatic rings. The summed E-state index contributed by atoms with van der Waals surface area (Å²) < 4.78 is 1.06. The Morgan fingerprint density at radius 3 is 2.29 bits per heavy atom. The number of hydrogen-bond acceptors (Lipinski definition) is 0. The molecule has 0 saturated heterocycles. The van der Waals surface area contributed by atoms with Gasteiger partial charge in [-0.1, -0.05) is 0 Å². The summed E-state index contributed by atoms with van der Waals surface area (Å²) in [6.07, 6.45) is 0. The van der Waals surface area contributed by atoms with Crippen molar-refractivity contribution in [1.82, 2.24) is 0 Å². The van der Waals surface area contributed by atoms with Crippen molar-refractivity contribution < 1.29 is 0 Å². The van der Waals surface area contributed by atoms with Crippen LogP contribution >= 0.6 is 11.6 Å². The first kappa shape index (κ1) is 8.07. The Bertz CT molecular complexity index is 70.1. The number of halogens is 1. The van der Waals surface area contributed by atoms with Crippen LogP contribution in [0.1, 0.15) is 0 Å². The van der Waals surface area contributed by atoms with E-state index in [1.807, 2.05) is 0 Å². The average Bonchev–Trinajstić information content (AvgIpc) is 1.68. The van der Waals surface area contributed by atoms with Gasteiger partial charge in [-0.2, -0.15) is 0 Å². The van der Waals surface area contributed by atoms with Gasteiger partial charge in [-0.05, 0) is 0 Å². The van der Waals surface area contributed by atoms with Gasteiger partial charge in [-0.3, -0.25) is 0 Å². The predicted molar refractivity (Wildman–Crippen MR) is 37.2 cm³/mol. The Balaban J connectivity index is 3.29. The zero-order valence-electron chi connectivity index (χ0n) is 4.27. The van der Waals surface area contributed by atoms with Gasteiger partial charge in [0, 0.05) is 0 Å². The first-order chi connectivity index (χ1) is 3.31. The summed E-state index contributed by atoms with van der Waals surface area (Å²) in [4.78, 5) is 2.12. The standard InChI is InChI=1S/C4H7ClSe2/c1-6-3-4(5)7-2/h3H,1-2H3/b4-3-. The molecule has 0 heterocycles. The molecular formula is C4H7ClSe2. The van der Waals surface area contributed by atoms with E-state index in [1.54, 1.807) is 0 Å². The zero-order valence-corrected chi connectivity index (χ0v) is 8.45. The third-order valence-electron chi connectivity index (χ3n) is 0.406. The topological polar surface area (TPSA) is 0 Å². The van der Waals surface area contributed by atoms with Gasteiger partial charge in [0.05, 0.1) is 0 Å². The predicted octanol–water partition coefficient (Wildman–Crippen LogP) is 1.53. The van der Waals surface area contributed by atoms with E-state index in [9.17, 15) is 0 Å². The van der Waals surface area contributed by atoms with Crippen LogP contribution < -0.4 is 0 Å². The van der Waals surface area contributed by atoms with E-state index >= 15 is 0 Å². The second-order valence-electron chi connectivity index (χ2n) is 0.862. The molecule has 7 heavy (non-hydrogen) atoms. The third kappa shape index (κ3) is 4.93. The maximum absolute atomic E-state index is 5.67. The summed E-state index contributed by atoms with van der Waals surface area (Å²) in [6.45, 7) is 0. The fraction of sp³-hybridized carbons (Fsp3) is 0.500. The van der Waals surface area contributed by atoms with Crippen molar-refractivity contribution in [1.29, 1.82) is 0 Å². The fourth-order valence-electron chi connectivity index (χ4n) is 0.141. The molecular weight excluding hydrogens is 241 g/mol. The molecule has 42 valence electrons. The summed E-state index contributed by atoms with van der Waals surface area (Å²) in [7, 11) is 0. The van der Waals surface area contributed by atoms with E-state index in [0.29, 0.717) is 29.9 Å². The Labute approximate surface area is 62.0 Å². The molecule has 0 aliphatic carbocycles. The van der Waals surface area contributed by atoms with E-state index in [4.69, 9.17) is 11.6 Å². The molecule has 3 heteroatoms. The van der Waals surface area contributed by atoms with Gasteiger partial charge in [-0.25, -0.2) is 0 Å². The van der Waals surface area contributed by atoms with Crippen molar-refractivity contribution in [2.75, 3.05) is 0 Å². The fourth-order valence-corrected chi connectivity index (χ4v) is 3.29. The molecule has 0 aromatic rings. The third-order valence-corrected chi connectivity index (χ3v) is 4.42. The molecule has 0 rings (SSSR count). The van der Waals surface area contributed by atoms with Gasteiger partial charge in [0.2, 0.25) is 0 Å². The summed E-state index contributed by atoms with van der Waals surface area (Å²) in [5, 5.41) is 0. The molecule has 0 radical (unpaired) electrons.